The maximum absolute atomic E-state index is 10.8. The molecule has 2 saturated carbocycles. The molecule has 0 aromatic rings. The maximum Gasteiger partial charge on any atom is 0.0758 e. The van der Waals surface area contributed by atoms with Crippen molar-refractivity contribution in [3.05, 3.63) is 23.3 Å². The third-order valence-corrected chi connectivity index (χ3v) is 7.47. The lowest BCUT2D eigenvalue weighted by atomic mass is 9.50. The quantitative estimate of drug-likeness (QED) is 0.603. The van der Waals surface area contributed by atoms with Gasteiger partial charge in [0.2, 0.25) is 0 Å². The molecule has 122 valence electrons. The van der Waals surface area contributed by atoms with Crippen LogP contribution in [0.5, 0.6) is 0 Å². The summed E-state index contributed by atoms with van der Waals surface area (Å²) in [5, 5.41) is 31.2. The van der Waals surface area contributed by atoms with E-state index in [1.807, 2.05) is 6.08 Å². The second-order valence-electron chi connectivity index (χ2n) is 8.47. The van der Waals surface area contributed by atoms with Crippen LogP contribution in [-0.4, -0.2) is 33.6 Å². The monoisotopic (exact) mass is 304 g/mol. The molecule has 0 amide bonds. The van der Waals surface area contributed by atoms with Gasteiger partial charge in [-0.25, -0.2) is 0 Å². The molecule has 0 heterocycles. The van der Waals surface area contributed by atoms with Crippen LogP contribution in [0.15, 0.2) is 23.3 Å². The third-order valence-electron chi connectivity index (χ3n) is 7.47. The first kappa shape index (κ1) is 14.9. The third kappa shape index (κ3) is 1.79. The maximum atomic E-state index is 10.8. The van der Waals surface area contributed by atoms with Crippen LogP contribution in [0.1, 0.15) is 52.4 Å². The molecule has 0 bridgehead atoms. The van der Waals surface area contributed by atoms with Crippen LogP contribution in [0.3, 0.4) is 0 Å². The molecule has 0 aliphatic heterocycles. The molecule has 22 heavy (non-hydrogen) atoms. The highest BCUT2D eigenvalue weighted by Gasteiger charge is 2.56. The van der Waals surface area contributed by atoms with E-state index in [0.717, 1.165) is 38.5 Å². The second-order valence-corrected chi connectivity index (χ2v) is 8.47. The van der Waals surface area contributed by atoms with Crippen molar-refractivity contribution in [3.8, 4) is 0 Å². The van der Waals surface area contributed by atoms with Gasteiger partial charge in [-0.2, -0.15) is 0 Å². The molecule has 0 saturated heterocycles. The Morgan fingerprint density at radius 2 is 1.86 bits per heavy atom. The average molecular weight is 304 g/mol. The summed E-state index contributed by atoms with van der Waals surface area (Å²) in [6.45, 7) is 4.50. The first-order chi connectivity index (χ1) is 10.4. The van der Waals surface area contributed by atoms with Gasteiger partial charge in [0.15, 0.2) is 0 Å². The number of aliphatic hydroxyl groups excluding tert-OH is 3. The predicted molar refractivity (Wildman–Crippen MR) is 85.1 cm³/mol. The Hall–Kier alpha value is -0.640. The summed E-state index contributed by atoms with van der Waals surface area (Å²) >= 11 is 0. The summed E-state index contributed by atoms with van der Waals surface area (Å²) in [4.78, 5) is 0. The van der Waals surface area contributed by atoms with E-state index in [9.17, 15) is 15.3 Å². The minimum absolute atomic E-state index is 0.0513. The van der Waals surface area contributed by atoms with E-state index >= 15 is 0 Å². The van der Waals surface area contributed by atoms with Gasteiger partial charge in [-0.1, -0.05) is 31.6 Å². The van der Waals surface area contributed by atoms with E-state index in [0.29, 0.717) is 11.8 Å². The molecule has 2 fully saturated rings. The SMILES string of the molecule is C[C@]12CC[C@@H]3C(=C1CCC2O)C(O)CC1CC(O)C=C[C@@]13C. The van der Waals surface area contributed by atoms with Gasteiger partial charge in [0, 0.05) is 5.41 Å². The van der Waals surface area contributed by atoms with Crippen LogP contribution in [0.25, 0.3) is 0 Å². The topological polar surface area (TPSA) is 60.7 Å². The number of aliphatic hydroxyl groups is 3. The van der Waals surface area contributed by atoms with E-state index in [1.165, 1.54) is 11.1 Å². The highest BCUT2D eigenvalue weighted by atomic mass is 16.3. The molecule has 4 unspecified atom stereocenters. The normalized spacial score (nSPS) is 54.0. The van der Waals surface area contributed by atoms with Gasteiger partial charge in [0.1, 0.15) is 0 Å². The van der Waals surface area contributed by atoms with Crippen molar-refractivity contribution in [3.63, 3.8) is 0 Å². The zero-order valence-electron chi connectivity index (χ0n) is 13.6. The van der Waals surface area contributed by atoms with Crippen LogP contribution in [0.2, 0.25) is 0 Å². The average Bonchev–Trinajstić information content (AvgIpc) is 2.77. The van der Waals surface area contributed by atoms with Gasteiger partial charge in [0.25, 0.3) is 0 Å². The molecule has 0 aromatic carbocycles. The van der Waals surface area contributed by atoms with Crippen molar-refractivity contribution in [2.45, 2.75) is 70.7 Å². The van der Waals surface area contributed by atoms with Crippen LogP contribution >= 0.6 is 0 Å². The summed E-state index contributed by atoms with van der Waals surface area (Å²) in [5.74, 6) is 0.728. The van der Waals surface area contributed by atoms with E-state index in [2.05, 4.69) is 19.9 Å². The summed E-state index contributed by atoms with van der Waals surface area (Å²) in [6, 6.07) is 0. The Morgan fingerprint density at radius 3 is 2.64 bits per heavy atom. The van der Waals surface area contributed by atoms with E-state index in [1.54, 1.807) is 0 Å². The zero-order valence-corrected chi connectivity index (χ0v) is 13.6. The van der Waals surface area contributed by atoms with Gasteiger partial charge in [-0.15, -0.1) is 0 Å². The fourth-order valence-corrected chi connectivity index (χ4v) is 5.99. The number of allylic oxidation sites excluding steroid dienone is 1. The fourth-order valence-electron chi connectivity index (χ4n) is 5.99. The molecular formula is C19H28O3. The smallest absolute Gasteiger partial charge is 0.0758 e. The summed E-state index contributed by atoms with van der Waals surface area (Å²) in [5.41, 5.74) is 2.52. The summed E-state index contributed by atoms with van der Waals surface area (Å²) in [7, 11) is 0. The minimum Gasteiger partial charge on any atom is -0.392 e. The second kappa shape index (κ2) is 4.68. The number of hydrogen-bond donors (Lipinski definition) is 3. The molecule has 7 atom stereocenters. The molecule has 0 radical (unpaired) electrons. The molecule has 4 rings (SSSR count). The predicted octanol–water partition coefficient (Wildman–Crippen LogP) is 2.56. The van der Waals surface area contributed by atoms with Crippen molar-refractivity contribution in [1.82, 2.24) is 0 Å². The molecule has 3 N–H and O–H groups in total. The minimum atomic E-state index is -0.387. The molecule has 3 nitrogen and oxygen atoms in total. The Kier molecular flexibility index (Phi) is 3.18. The molecule has 3 heteroatoms. The zero-order chi connectivity index (χ0) is 15.7. The number of rotatable bonds is 0. The van der Waals surface area contributed by atoms with Gasteiger partial charge in [-0.3, -0.25) is 0 Å². The Bertz CT molecular complexity index is 551. The van der Waals surface area contributed by atoms with Crippen molar-refractivity contribution in [2.75, 3.05) is 0 Å². The van der Waals surface area contributed by atoms with E-state index in [4.69, 9.17) is 0 Å². The highest BCUT2D eigenvalue weighted by Crippen LogP contribution is 2.62. The van der Waals surface area contributed by atoms with Crippen LogP contribution in [0.4, 0.5) is 0 Å². The van der Waals surface area contributed by atoms with E-state index in [-0.39, 0.29) is 29.1 Å². The van der Waals surface area contributed by atoms with Crippen molar-refractivity contribution >= 4 is 0 Å². The standard InChI is InChI=1S/C19H28O3/c1-18-7-5-12(20)9-11(18)10-15(21)17-13-3-4-16(22)19(13,2)8-6-14(17)18/h5,7,11-12,14-16,20-22H,3-4,6,8-10H2,1-2H3/t11?,12?,14-,15?,16?,18+,19+/m1/s1. The molecular weight excluding hydrogens is 276 g/mol. The first-order valence-electron chi connectivity index (χ1n) is 8.83. The molecule has 0 aromatic heterocycles. The van der Waals surface area contributed by atoms with Crippen LogP contribution < -0.4 is 0 Å². The Balaban J connectivity index is 1.82. The molecule has 4 aliphatic carbocycles. The summed E-state index contributed by atoms with van der Waals surface area (Å²) < 4.78 is 0. The van der Waals surface area contributed by atoms with Gasteiger partial charge in [-0.05, 0) is 61.3 Å². The lowest BCUT2D eigenvalue weighted by Crippen LogP contribution is -2.50. The van der Waals surface area contributed by atoms with Gasteiger partial charge in [0.05, 0.1) is 18.3 Å². The molecule has 4 aliphatic rings. The van der Waals surface area contributed by atoms with Crippen molar-refractivity contribution < 1.29 is 15.3 Å². The first-order valence-corrected chi connectivity index (χ1v) is 8.83. The lowest BCUT2D eigenvalue weighted by molar-refractivity contribution is -0.0106. The number of hydrogen-bond acceptors (Lipinski definition) is 3. The summed E-state index contributed by atoms with van der Waals surface area (Å²) in [6.07, 6.45) is 8.52. The fraction of sp³-hybridized carbons (Fsp3) is 0.789. The van der Waals surface area contributed by atoms with Crippen LogP contribution in [-0.2, 0) is 0 Å². The van der Waals surface area contributed by atoms with Gasteiger partial charge >= 0.3 is 0 Å². The van der Waals surface area contributed by atoms with Gasteiger partial charge < -0.3 is 15.3 Å². The molecule has 0 spiro atoms. The lowest BCUT2D eigenvalue weighted by Gasteiger charge is -2.55. The van der Waals surface area contributed by atoms with Crippen LogP contribution in [0, 0.1) is 22.7 Å². The largest absolute Gasteiger partial charge is 0.392 e. The van der Waals surface area contributed by atoms with Crippen molar-refractivity contribution in [1.29, 1.82) is 0 Å². The van der Waals surface area contributed by atoms with Crippen molar-refractivity contribution in [2.24, 2.45) is 22.7 Å². The van der Waals surface area contributed by atoms with E-state index < -0.39 is 0 Å². The Morgan fingerprint density at radius 1 is 1.09 bits per heavy atom. The number of fused-ring (bicyclic) bond motifs is 4. The Labute approximate surface area is 132 Å². The highest BCUT2D eigenvalue weighted by molar-refractivity contribution is 5.38.